The molecule has 0 aliphatic rings. The van der Waals surface area contributed by atoms with Crippen LogP contribution in [0.1, 0.15) is 55.6 Å². The van der Waals surface area contributed by atoms with E-state index in [4.69, 9.17) is 0 Å². The van der Waals surface area contributed by atoms with Gasteiger partial charge in [0.1, 0.15) is 0 Å². The smallest absolute Gasteiger partial charge is 0.261 e. The first-order chi connectivity index (χ1) is 9.63. The van der Waals surface area contributed by atoms with Gasteiger partial charge in [-0.2, -0.15) is 0 Å². The standard InChI is InChI=1S/C15H24N2O2S/c1-3-4-5-7-12(2)17-14(18)9-10-16-15(19)13-8-6-11-20-13/h6,8,11-12H,3-5,7,9-10H2,1-2H3,(H,16,19)(H,17,18). The van der Waals surface area contributed by atoms with E-state index in [1.807, 2.05) is 18.4 Å². The van der Waals surface area contributed by atoms with E-state index in [1.165, 1.54) is 24.2 Å². The van der Waals surface area contributed by atoms with Gasteiger partial charge < -0.3 is 10.6 Å². The molecule has 2 amide bonds. The summed E-state index contributed by atoms with van der Waals surface area (Å²) in [7, 11) is 0. The lowest BCUT2D eigenvalue weighted by Gasteiger charge is -2.13. The molecule has 1 rings (SSSR count). The summed E-state index contributed by atoms with van der Waals surface area (Å²) in [6.45, 7) is 4.57. The lowest BCUT2D eigenvalue weighted by molar-refractivity contribution is -0.121. The van der Waals surface area contributed by atoms with Gasteiger partial charge in [0.2, 0.25) is 5.91 Å². The van der Waals surface area contributed by atoms with Crippen molar-refractivity contribution in [3.63, 3.8) is 0 Å². The predicted molar refractivity (Wildman–Crippen MR) is 83.0 cm³/mol. The van der Waals surface area contributed by atoms with Crippen molar-refractivity contribution in [2.45, 2.75) is 52.0 Å². The van der Waals surface area contributed by atoms with Crippen LogP contribution in [0.25, 0.3) is 0 Å². The summed E-state index contributed by atoms with van der Waals surface area (Å²) in [5.74, 6) is -0.107. The Morgan fingerprint density at radius 3 is 2.80 bits per heavy atom. The molecule has 1 aromatic rings. The molecule has 1 unspecified atom stereocenters. The zero-order valence-corrected chi connectivity index (χ0v) is 13.1. The number of carbonyl (C=O) groups is 2. The monoisotopic (exact) mass is 296 g/mol. The lowest BCUT2D eigenvalue weighted by Crippen LogP contribution is -2.35. The Hall–Kier alpha value is -1.36. The first-order valence-electron chi connectivity index (χ1n) is 7.24. The van der Waals surface area contributed by atoms with Crippen LogP contribution in [0.5, 0.6) is 0 Å². The molecule has 0 saturated heterocycles. The van der Waals surface area contributed by atoms with Crippen LogP contribution in [-0.4, -0.2) is 24.4 Å². The number of nitrogens with one attached hydrogen (secondary N) is 2. The van der Waals surface area contributed by atoms with Gasteiger partial charge in [0, 0.05) is 19.0 Å². The fourth-order valence-corrected chi connectivity index (χ4v) is 2.54. The quantitative estimate of drug-likeness (QED) is 0.688. The van der Waals surface area contributed by atoms with E-state index in [-0.39, 0.29) is 17.9 Å². The largest absolute Gasteiger partial charge is 0.354 e. The molecular formula is C15H24N2O2S. The normalized spacial score (nSPS) is 11.9. The van der Waals surface area contributed by atoms with Gasteiger partial charge in [0.05, 0.1) is 4.88 Å². The van der Waals surface area contributed by atoms with E-state index < -0.39 is 0 Å². The molecule has 0 saturated carbocycles. The third kappa shape index (κ3) is 6.70. The van der Waals surface area contributed by atoms with Crippen molar-refractivity contribution < 1.29 is 9.59 Å². The first kappa shape index (κ1) is 16.7. The average Bonchev–Trinajstić information content (AvgIpc) is 2.92. The van der Waals surface area contributed by atoms with Crippen molar-refractivity contribution in [3.05, 3.63) is 22.4 Å². The van der Waals surface area contributed by atoms with Gasteiger partial charge in [0.15, 0.2) is 0 Å². The van der Waals surface area contributed by atoms with Crippen LogP contribution in [0.4, 0.5) is 0 Å². The van der Waals surface area contributed by atoms with Crippen LogP contribution in [-0.2, 0) is 4.79 Å². The number of thiophene rings is 1. The molecule has 1 aromatic heterocycles. The van der Waals surface area contributed by atoms with Gasteiger partial charge in [-0.05, 0) is 24.8 Å². The molecular weight excluding hydrogens is 272 g/mol. The van der Waals surface area contributed by atoms with E-state index in [0.29, 0.717) is 17.8 Å². The maximum Gasteiger partial charge on any atom is 0.261 e. The van der Waals surface area contributed by atoms with E-state index in [0.717, 1.165) is 12.8 Å². The maximum atomic E-state index is 11.7. The van der Waals surface area contributed by atoms with E-state index >= 15 is 0 Å². The van der Waals surface area contributed by atoms with Crippen molar-refractivity contribution in [1.82, 2.24) is 10.6 Å². The van der Waals surface area contributed by atoms with E-state index in [1.54, 1.807) is 6.07 Å². The molecule has 4 nitrogen and oxygen atoms in total. The molecule has 0 aromatic carbocycles. The minimum Gasteiger partial charge on any atom is -0.354 e. The molecule has 0 aliphatic carbocycles. The third-order valence-corrected chi connectivity index (χ3v) is 3.90. The molecule has 2 N–H and O–H groups in total. The number of hydrogen-bond acceptors (Lipinski definition) is 3. The number of unbranched alkanes of at least 4 members (excludes halogenated alkanes) is 2. The lowest BCUT2D eigenvalue weighted by atomic mass is 10.1. The molecule has 20 heavy (non-hydrogen) atoms. The van der Waals surface area contributed by atoms with Crippen molar-refractivity contribution in [2.75, 3.05) is 6.54 Å². The summed E-state index contributed by atoms with van der Waals surface area (Å²) in [6, 6.07) is 3.82. The predicted octanol–water partition coefficient (Wildman–Crippen LogP) is 2.95. The average molecular weight is 296 g/mol. The Morgan fingerprint density at radius 2 is 2.15 bits per heavy atom. The zero-order valence-electron chi connectivity index (χ0n) is 12.3. The highest BCUT2D eigenvalue weighted by Crippen LogP contribution is 2.07. The van der Waals surface area contributed by atoms with Crippen molar-refractivity contribution >= 4 is 23.2 Å². The number of rotatable bonds is 9. The second kappa shape index (κ2) is 9.53. The fraction of sp³-hybridized carbons (Fsp3) is 0.600. The molecule has 1 atom stereocenters. The summed E-state index contributed by atoms with van der Waals surface area (Å²) >= 11 is 1.40. The van der Waals surface area contributed by atoms with Crippen LogP contribution in [0, 0.1) is 0 Å². The Labute approximate surface area is 125 Å². The van der Waals surface area contributed by atoms with Crippen LogP contribution in [0.15, 0.2) is 17.5 Å². The molecule has 112 valence electrons. The number of carbonyl (C=O) groups excluding carboxylic acids is 2. The summed E-state index contributed by atoms with van der Waals surface area (Å²) in [5.41, 5.74) is 0. The Morgan fingerprint density at radius 1 is 1.35 bits per heavy atom. The Balaban J connectivity index is 2.12. The van der Waals surface area contributed by atoms with Crippen molar-refractivity contribution in [2.24, 2.45) is 0 Å². The fourth-order valence-electron chi connectivity index (χ4n) is 1.90. The second-order valence-electron chi connectivity index (χ2n) is 4.95. The van der Waals surface area contributed by atoms with Gasteiger partial charge in [-0.1, -0.05) is 32.3 Å². The second-order valence-corrected chi connectivity index (χ2v) is 5.90. The van der Waals surface area contributed by atoms with Crippen LogP contribution >= 0.6 is 11.3 Å². The highest BCUT2D eigenvalue weighted by Gasteiger charge is 2.09. The highest BCUT2D eigenvalue weighted by atomic mass is 32.1. The van der Waals surface area contributed by atoms with Crippen LogP contribution < -0.4 is 10.6 Å². The summed E-state index contributed by atoms with van der Waals surface area (Å²) < 4.78 is 0. The number of hydrogen-bond donors (Lipinski definition) is 2. The highest BCUT2D eigenvalue weighted by molar-refractivity contribution is 7.12. The first-order valence-corrected chi connectivity index (χ1v) is 8.12. The van der Waals surface area contributed by atoms with Gasteiger partial charge in [-0.3, -0.25) is 9.59 Å². The van der Waals surface area contributed by atoms with Crippen molar-refractivity contribution in [3.8, 4) is 0 Å². The summed E-state index contributed by atoms with van der Waals surface area (Å²) in [5, 5.41) is 7.57. The maximum absolute atomic E-state index is 11.7. The van der Waals surface area contributed by atoms with Crippen LogP contribution in [0.3, 0.4) is 0 Å². The Bertz CT molecular complexity index is 404. The van der Waals surface area contributed by atoms with Gasteiger partial charge >= 0.3 is 0 Å². The van der Waals surface area contributed by atoms with Gasteiger partial charge in [0.25, 0.3) is 5.91 Å². The van der Waals surface area contributed by atoms with Crippen LogP contribution in [0.2, 0.25) is 0 Å². The minimum atomic E-state index is -0.108. The molecule has 0 aliphatic heterocycles. The molecule has 0 bridgehead atoms. The molecule has 1 heterocycles. The number of amides is 2. The van der Waals surface area contributed by atoms with Gasteiger partial charge in [-0.25, -0.2) is 0 Å². The SMILES string of the molecule is CCCCCC(C)NC(=O)CCNC(=O)c1cccs1. The van der Waals surface area contributed by atoms with E-state index in [2.05, 4.69) is 17.6 Å². The molecule has 0 spiro atoms. The zero-order chi connectivity index (χ0) is 14.8. The van der Waals surface area contributed by atoms with Crippen molar-refractivity contribution in [1.29, 1.82) is 0 Å². The summed E-state index contributed by atoms with van der Waals surface area (Å²) in [6.07, 6.45) is 4.88. The van der Waals surface area contributed by atoms with Gasteiger partial charge in [-0.15, -0.1) is 11.3 Å². The summed E-state index contributed by atoms with van der Waals surface area (Å²) in [4.78, 5) is 24.0. The Kier molecular flexibility index (Phi) is 7.95. The molecule has 0 radical (unpaired) electrons. The minimum absolute atomic E-state index is 0.000443. The topological polar surface area (TPSA) is 58.2 Å². The third-order valence-electron chi connectivity index (χ3n) is 3.03. The van der Waals surface area contributed by atoms with E-state index in [9.17, 15) is 9.59 Å². The molecule has 0 fully saturated rings. The molecule has 5 heteroatoms.